The van der Waals surface area contributed by atoms with Crippen molar-refractivity contribution in [2.24, 2.45) is 11.8 Å². The fourth-order valence-electron chi connectivity index (χ4n) is 1.90. The van der Waals surface area contributed by atoms with Gasteiger partial charge in [-0.05, 0) is 18.8 Å². The molecule has 0 aromatic rings. The molecule has 13 heavy (non-hydrogen) atoms. The molecule has 0 spiro atoms. The van der Waals surface area contributed by atoms with E-state index in [1.807, 2.05) is 6.92 Å². The van der Waals surface area contributed by atoms with E-state index in [-0.39, 0.29) is 17.7 Å². The first kappa shape index (κ1) is 10.2. The molecular weight excluding hydrogens is 168 g/mol. The van der Waals surface area contributed by atoms with Crippen LogP contribution in [0, 0.1) is 11.8 Å². The van der Waals surface area contributed by atoms with Crippen molar-refractivity contribution in [1.82, 2.24) is 0 Å². The van der Waals surface area contributed by atoms with Crippen LogP contribution in [-0.2, 0) is 14.3 Å². The Morgan fingerprint density at radius 2 is 2.15 bits per heavy atom. The van der Waals surface area contributed by atoms with Gasteiger partial charge < -0.3 is 4.74 Å². The Labute approximate surface area is 78.5 Å². The van der Waals surface area contributed by atoms with Crippen LogP contribution in [-0.4, -0.2) is 18.9 Å². The van der Waals surface area contributed by atoms with E-state index in [2.05, 4.69) is 4.74 Å². The van der Waals surface area contributed by atoms with E-state index in [0.29, 0.717) is 6.42 Å². The van der Waals surface area contributed by atoms with Crippen LogP contribution < -0.4 is 0 Å². The van der Waals surface area contributed by atoms with E-state index < -0.39 is 5.92 Å². The Kier molecular flexibility index (Phi) is 3.46. The lowest BCUT2D eigenvalue weighted by Crippen LogP contribution is -2.29. The molecule has 0 bridgehead atoms. The minimum Gasteiger partial charge on any atom is -0.468 e. The maximum absolute atomic E-state index is 11.5. The fraction of sp³-hybridized carbons (Fsp3) is 0.800. The maximum atomic E-state index is 11.5. The normalized spacial score (nSPS) is 29.5. The quantitative estimate of drug-likeness (QED) is 0.353. The molecule has 0 radical (unpaired) electrons. The molecule has 0 aliphatic heterocycles. The highest BCUT2D eigenvalue weighted by Gasteiger charge is 2.33. The first-order valence-corrected chi connectivity index (χ1v) is 4.77. The van der Waals surface area contributed by atoms with Crippen LogP contribution >= 0.6 is 0 Å². The molecule has 0 amide bonds. The summed E-state index contributed by atoms with van der Waals surface area (Å²) in [4.78, 5) is 22.8. The molecule has 2 atom stereocenters. The van der Waals surface area contributed by atoms with Crippen LogP contribution in [0.1, 0.15) is 32.6 Å². The van der Waals surface area contributed by atoms with E-state index in [4.69, 9.17) is 0 Å². The number of hydrogen-bond acceptors (Lipinski definition) is 3. The van der Waals surface area contributed by atoms with Gasteiger partial charge in [-0.15, -0.1) is 0 Å². The zero-order valence-corrected chi connectivity index (χ0v) is 8.21. The van der Waals surface area contributed by atoms with Crippen LogP contribution in [0.15, 0.2) is 0 Å². The summed E-state index contributed by atoms with van der Waals surface area (Å²) >= 11 is 0. The van der Waals surface area contributed by atoms with Crippen molar-refractivity contribution < 1.29 is 14.3 Å². The number of carbonyl (C=O) groups excluding carboxylic acids is 2. The lowest BCUT2D eigenvalue weighted by Gasteiger charge is -2.16. The summed E-state index contributed by atoms with van der Waals surface area (Å²) in [5.41, 5.74) is 0. The molecule has 74 valence electrons. The summed E-state index contributed by atoms with van der Waals surface area (Å²) in [5, 5.41) is 0. The van der Waals surface area contributed by atoms with Gasteiger partial charge in [-0.3, -0.25) is 9.59 Å². The Hall–Kier alpha value is -0.860. The molecule has 0 N–H and O–H groups in total. The molecule has 0 saturated heterocycles. The van der Waals surface area contributed by atoms with Crippen molar-refractivity contribution in [1.29, 1.82) is 0 Å². The van der Waals surface area contributed by atoms with Crippen molar-refractivity contribution in [3.05, 3.63) is 0 Å². The first-order valence-electron chi connectivity index (χ1n) is 4.77. The number of carbonyl (C=O) groups is 2. The standard InChI is InChI=1S/C10H16O3/c1-7-5-3-4-6-8(11)9(7)10(12)13-2/h7,9H,3-6H2,1-2H3. The fourth-order valence-corrected chi connectivity index (χ4v) is 1.90. The number of methoxy groups -OCH3 is 1. The summed E-state index contributed by atoms with van der Waals surface area (Å²) in [7, 11) is 1.34. The molecule has 3 nitrogen and oxygen atoms in total. The Morgan fingerprint density at radius 1 is 1.46 bits per heavy atom. The molecular formula is C10H16O3. The van der Waals surface area contributed by atoms with Crippen molar-refractivity contribution >= 4 is 11.8 Å². The zero-order chi connectivity index (χ0) is 9.84. The van der Waals surface area contributed by atoms with Crippen molar-refractivity contribution in [3.8, 4) is 0 Å². The second-order valence-electron chi connectivity index (χ2n) is 3.69. The number of ketones is 1. The molecule has 1 fully saturated rings. The molecule has 2 unspecified atom stereocenters. The number of esters is 1. The number of hydrogen-bond donors (Lipinski definition) is 0. The third-order valence-corrected chi connectivity index (χ3v) is 2.70. The van der Waals surface area contributed by atoms with Gasteiger partial charge in [0.15, 0.2) is 0 Å². The van der Waals surface area contributed by atoms with Gasteiger partial charge in [0.1, 0.15) is 11.7 Å². The topological polar surface area (TPSA) is 43.4 Å². The highest BCUT2D eigenvalue weighted by molar-refractivity contribution is 5.99. The van der Waals surface area contributed by atoms with E-state index in [9.17, 15) is 9.59 Å². The molecule has 0 aromatic carbocycles. The van der Waals surface area contributed by atoms with Gasteiger partial charge in [0, 0.05) is 6.42 Å². The third-order valence-electron chi connectivity index (χ3n) is 2.70. The molecule has 0 aromatic heterocycles. The number of rotatable bonds is 1. The smallest absolute Gasteiger partial charge is 0.316 e. The van der Waals surface area contributed by atoms with Crippen LogP contribution in [0.25, 0.3) is 0 Å². The van der Waals surface area contributed by atoms with Crippen molar-refractivity contribution in [3.63, 3.8) is 0 Å². The van der Waals surface area contributed by atoms with Crippen LogP contribution in [0.3, 0.4) is 0 Å². The summed E-state index contributed by atoms with van der Waals surface area (Å²) in [6.07, 6.45) is 3.44. The predicted octanol–water partition coefficient (Wildman–Crippen LogP) is 1.55. The number of ether oxygens (including phenoxy) is 1. The summed E-state index contributed by atoms with van der Waals surface area (Å²) in [6.45, 7) is 1.95. The Balaban J connectivity index is 2.74. The van der Waals surface area contributed by atoms with E-state index in [1.165, 1.54) is 7.11 Å². The van der Waals surface area contributed by atoms with E-state index in [1.54, 1.807) is 0 Å². The van der Waals surface area contributed by atoms with Gasteiger partial charge in [0.2, 0.25) is 0 Å². The molecule has 1 aliphatic rings. The summed E-state index contributed by atoms with van der Waals surface area (Å²) < 4.78 is 4.63. The molecule has 0 heterocycles. The lowest BCUT2D eigenvalue weighted by molar-refractivity contribution is -0.151. The predicted molar refractivity (Wildman–Crippen MR) is 48.1 cm³/mol. The van der Waals surface area contributed by atoms with Crippen LogP contribution in [0.2, 0.25) is 0 Å². The minimum atomic E-state index is -0.507. The van der Waals surface area contributed by atoms with Gasteiger partial charge >= 0.3 is 5.97 Å². The van der Waals surface area contributed by atoms with Crippen LogP contribution in [0.4, 0.5) is 0 Å². The van der Waals surface area contributed by atoms with Gasteiger partial charge in [-0.2, -0.15) is 0 Å². The molecule has 1 rings (SSSR count). The van der Waals surface area contributed by atoms with Gasteiger partial charge in [-0.1, -0.05) is 13.3 Å². The lowest BCUT2D eigenvalue weighted by atomic mass is 9.89. The number of Topliss-reactive ketones (excluding diaryl/α,β-unsaturated/α-hetero) is 1. The highest BCUT2D eigenvalue weighted by Crippen LogP contribution is 2.26. The first-order chi connectivity index (χ1) is 6.16. The second kappa shape index (κ2) is 4.40. The molecule has 3 heteroatoms. The van der Waals surface area contributed by atoms with Gasteiger partial charge in [0.25, 0.3) is 0 Å². The summed E-state index contributed by atoms with van der Waals surface area (Å²) in [6, 6.07) is 0. The molecule has 1 saturated carbocycles. The maximum Gasteiger partial charge on any atom is 0.316 e. The highest BCUT2D eigenvalue weighted by atomic mass is 16.5. The average molecular weight is 184 g/mol. The van der Waals surface area contributed by atoms with Crippen LogP contribution in [0.5, 0.6) is 0 Å². The monoisotopic (exact) mass is 184 g/mol. The average Bonchev–Trinajstić information content (AvgIpc) is 2.27. The second-order valence-corrected chi connectivity index (χ2v) is 3.69. The van der Waals surface area contributed by atoms with E-state index in [0.717, 1.165) is 19.3 Å². The zero-order valence-electron chi connectivity index (χ0n) is 8.21. The van der Waals surface area contributed by atoms with Crippen molar-refractivity contribution in [2.45, 2.75) is 32.6 Å². The largest absolute Gasteiger partial charge is 0.468 e. The van der Waals surface area contributed by atoms with E-state index >= 15 is 0 Å². The Bertz CT molecular complexity index is 210. The van der Waals surface area contributed by atoms with Crippen molar-refractivity contribution in [2.75, 3.05) is 7.11 Å². The third kappa shape index (κ3) is 2.29. The summed E-state index contributed by atoms with van der Waals surface area (Å²) in [5.74, 6) is -0.675. The minimum absolute atomic E-state index is 0.0526. The molecule has 1 aliphatic carbocycles. The Morgan fingerprint density at radius 3 is 2.77 bits per heavy atom. The SMILES string of the molecule is COC(=O)C1C(=O)CCCCC1C. The van der Waals surface area contributed by atoms with Gasteiger partial charge in [-0.25, -0.2) is 0 Å². The van der Waals surface area contributed by atoms with Gasteiger partial charge in [0.05, 0.1) is 7.11 Å².